The van der Waals surface area contributed by atoms with Crippen LogP contribution in [0.15, 0.2) is 36.5 Å². The Kier molecular flexibility index (Phi) is 3.57. The van der Waals surface area contributed by atoms with Gasteiger partial charge in [0.25, 0.3) is 0 Å². The lowest BCUT2D eigenvalue weighted by atomic mass is 10.1. The summed E-state index contributed by atoms with van der Waals surface area (Å²) >= 11 is 0. The highest BCUT2D eigenvalue weighted by Crippen LogP contribution is 2.17. The molecule has 0 radical (unpaired) electrons. The topological polar surface area (TPSA) is 66.0 Å². The lowest BCUT2D eigenvalue weighted by Gasteiger charge is -1.99. The third-order valence-corrected chi connectivity index (χ3v) is 2.64. The van der Waals surface area contributed by atoms with Gasteiger partial charge >= 0.3 is 5.97 Å². The van der Waals surface area contributed by atoms with E-state index in [9.17, 15) is 4.79 Å². The first kappa shape index (κ1) is 12.1. The fraction of sp³-hybridized carbons (Fsp3) is 0.143. The molecule has 0 aliphatic carbocycles. The molecule has 0 aliphatic heterocycles. The number of carbonyl (C=O) groups is 1. The first-order valence-corrected chi connectivity index (χ1v) is 5.74. The molecule has 0 saturated heterocycles. The van der Waals surface area contributed by atoms with Crippen LogP contribution in [0.25, 0.3) is 17.5 Å². The predicted molar refractivity (Wildman–Crippen MR) is 70.1 cm³/mol. The Balaban J connectivity index is 2.20. The highest BCUT2D eigenvalue weighted by molar-refractivity contribution is 5.84. The number of rotatable bonds is 4. The summed E-state index contributed by atoms with van der Waals surface area (Å²) in [7, 11) is 0. The molecule has 0 amide bonds. The number of carboxylic acids is 1. The molecule has 2 N–H and O–H groups in total. The highest BCUT2D eigenvalue weighted by atomic mass is 16.4. The van der Waals surface area contributed by atoms with Gasteiger partial charge in [-0.05, 0) is 18.1 Å². The number of aromatic amines is 1. The fourth-order valence-corrected chi connectivity index (χ4v) is 1.63. The third-order valence-electron chi connectivity index (χ3n) is 2.64. The molecule has 92 valence electrons. The van der Waals surface area contributed by atoms with Crippen molar-refractivity contribution in [1.29, 1.82) is 0 Å². The Hall–Kier alpha value is -2.36. The Bertz CT molecular complexity index is 568. The predicted octanol–water partition coefficient (Wildman–Crippen LogP) is 2.74. The highest BCUT2D eigenvalue weighted by Gasteiger charge is 2.02. The van der Waals surface area contributed by atoms with E-state index in [1.54, 1.807) is 6.20 Å². The van der Waals surface area contributed by atoms with Crippen molar-refractivity contribution in [2.45, 2.75) is 13.3 Å². The normalized spacial score (nSPS) is 10.9. The average molecular weight is 242 g/mol. The second kappa shape index (κ2) is 5.31. The molecule has 0 unspecified atom stereocenters. The molecule has 18 heavy (non-hydrogen) atoms. The zero-order valence-corrected chi connectivity index (χ0v) is 10.1. The second-order valence-electron chi connectivity index (χ2n) is 3.91. The van der Waals surface area contributed by atoms with Crippen molar-refractivity contribution >= 4 is 12.0 Å². The first-order valence-electron chi connectivity index (χ1n) is 5.74. The maximum absolute atomic E-state index is 10.4. The van der Waals surface area contributed by atoms with Crippen molar-refractivity contribution in [2.75, 3.05) is 0 Å². The molecule has 0 aliphatic rings. The zero-order chi connectivity index (χ0) is 13.0. The smallest absolute Gasteiger partial charge is 0.328 e. The van der Waals surface area contributed by atoms with E-state index < -0.39 is 5.97 Å². The number of aliphatic carboxylic acids is 1. The monoisotopic (exact) mass is 242 g/mol. The van der Waals surface area contributed by atoms with Crippen molar-refractivity contribution in [3.63, 3.8) is 0 Å². The van der Waals surface area contributed by atoms with Crippen LogP contribution in [0.4, 0.5) is 0 Å². The Morgan fingerprint density at radius 3 is 2.72 bits per heavy atom. The molecule has 2 rings (SSSR count). The van der Waals surface area contributed by atoms with Crippen LogP contribution in [-0.2, 0) is 11.2 Å². The number of aryl methyl sites for hydroxylation is 1. The number of hydrogen-bond acceptors (Lipinski definition) is 2. The summed E-state index contributed by atoms with van der Waals surface area (Å²) in [5, 5.41) is 8.54. The van der Waals surface area contributed by atoms with E-state index in [4.69, 9.17) is 5.11 Å². The third kappa shape index (κ3) is 2.85. The summed E-state index contributed by atoms with van der Waals surface area (Å²) in [6.07, 6.45) is 5.18. The van der Waals surface area contributed by atoms with Gasteiger partial charge in [-0.25, -0.2) is 9.78 Å². The van der Waals surface area contributed by atoms with Gasteiger partial charge in [0, 0.05) is 11.6 Å². The molecule has 0 fully saturated rings. The van der Waals surface area contributed by atoms with Crippen LogP contribution in [0.1, 0.15) is 18.2 Å². The van der Waals surface area contributed by atoms with Crippen molar-refractivity contribution < 1.29 is 9.90 Å². The van der Waals surface area contributed by atoms with Crippen LogP contribution in [-0.4, -0.2) is 21.0 Å². The number of imidazole rings is 1. The van der Waals surface area contributed by atoms with Crippen LogP contribution >= 0.6 is 0 Å². The number of carboxylic acid groups (broad SMARTS) is 1. The number of nitrogens with zero attached hydrogens (tertiary/aromatic N) is 1. The minimum Gasteiger partial charge on any atom is -0.478 e. The van der Waals surface area contributed by atoms with Crippen molar-refractivity contribution in [3.8, 4) is 11.4 Å². The summed E-state index contributed by atoms with van der Waals surface area (Å²) < 4.78 is 0. The van der Waals surface area contributed by atoms with Gasteiger partial charge in [-0.1, -0.05) is 31.2 Å². The Labute approximate surface area is 105 Å². The largest absolute Gasteiger partial charge is 0.478 e. The summed E-state index contributed by atoms with van der Waals surface area (Å²) in [5.41, 5.74) is 2.94. The number of H-pyrrole nitrogens is 1. The minimum atomic E-state index is -0.974. The van der Waals surface area contributed by atoms with Gasteiger partial charge in [0.15, 0.2) is 0 Å². The van der Waals surface area contributed by atoms with E-state index in [1.165, 1.54) is 11.6 Å². The standard InChI is InChI=1S/C14H14N2O2/c1-2-10-3-5-11(6-4-10)14-15-9-12(16-14)7-8-13(17)18/h3-9H,2H2,1H3,(H,15,16)(H,17,18)/b8-7+. The molecule has 0 saturated carbocycles. The molecule has 1 aromatic carbocycles. The number of aromatic nitrogens is 2. The molecule has 2 aromatic rings. The Morgan fingerprint density at radius 2 is 2.11 bits per heavy atom. The minimum absolute atomic E-state index is 0.673. The van der Waals surface area contributed by atoms with Gasteiger partial charge < -0.3 is 10.1 Å². The van der Waals surface area contributed by atoms with Crippen molar-refractivity contribution in [3.05, 3.63) is 47.8 Å². The molecule has 0 spiro atoms. The van der Waals surface area contributed by atoms with E-state index in [0.29, 0.717) is 5.69 Å². The zero-order valence-electron chi connectivity index (χ0n) is 10.1. The summed E-state index contributed by atoms with van der Waals surface area (Å²) in [5.74, 6) is -0.235. The summed E-state index contributed by atoms with van der Waals surface area (Å²) in [6, 6.07) is 8.12. The van der Waals surface area contributed by atoms with Gasteiger partial charge in [0.1, 0.15) is 5.82 Å². The van der Waals surface area contributed by atoms with E-state index in [1.807, 2.05) is 12.1 Å². The SMILES string of the molecule is CCc1ccc(-c2ncc(/C=C/C(=O)O)[nH]2)cc1. The van der Waals surface area contributed by atoms with Crippen LogP contribution < -0.4 is 0 Å². The quantitative estimate of drug-likeness (QED) is 0.810. The maximum atomic E-state index is 10.4. The van der Waals surface area contributed by atoms with Crippen molar-refractivity contribution in [1.82, 2.24) is 9.97 Å². The fourth-order valence-electron chi connectivity index (χ4n) is 1.63. The molecule has 4 nitrogen and oxygen atoms in total. The van der Waals surface area contributed by atoms with Gasteiger partial charge in [0.2, 0.25) is 0 Å². The van der Waals surface area contributed by atoms with E-state index in [-0.39, 0.29) is 0 Å². The summed E-state index contributed by atoms with van der Waals surface area (Å²) in [6.45, 7) is 2.11. The first-order chi connectivity index (χ1) is 8.69. The van der Waals surface area contributed by atoms with Crippen LogP contribution in [0, 0.1) is 0 Å². The molecule has 1 aromatic heterocycles. The molecule has 0 atom stereocenters. The van der Waals surface area contributed by atoms with Gasteiger partial charge in [-0.3, -0.25) is 0 Å². The molecule has 0 bridgehead atoms. The van der Waals surface area contributed by atoms with E-state index in [0.717, 1.165) is 23.9 Å². The van der Waals surface area contributed by atoms with Gasteiger partial charge in [-0.2, -0.15) is 0 Å². The Morgan fingerprint density at radius 1 is 1.39 bits per heavy atom. The maximum Gasteiger partial charge on any atom is 0.328 e. The lowest BCUT2D eigenvalue weighted by molar-refractivity contribution is -0.131. The van der Waals surface area contributed by atoms with E-state index >= 15 is 0 Å². The molecule has 4 heteroatoms. The van der Waals surface area contributed by atoms with Crippen LogP contribution in [0.5, 0.6) is 0 Å². The molecule has 1 heterocycles. The van der Waals surface area contributed by atoms with Crippen molar-refractivity contribution in [2.24, 2.45) is 0 Å². The number of benzene rings is 1. The van der Waals surface area contributed by atoms with E-state index in [2.05, 4.69) is 29.0 Å². The van der Waals surface area contributed by atoms with Crippen LogP contribution in [0.2, 0.25) is 0 Å². The van der Waals surface area contributed by atoms with Gasteiger partial charge in [-0.15, -0.1) is 0 Å². The number of nitrogens with one attached hydrogen (secondary N) is 1. The number of hydrogen-bond donors (Lipinski definition) is 2. The second-order valence-corrected chi connectivity index (χ2v) is 3.91. The summed E-state index contributed by atoms with van der Waals surface area (Å²) in [4.78, 5) is 17.7. The lowest BCUT2D eigenvalue weighted by Crippen LogP contribution is -1.86. The molecular formula is C14H14N2O2. The van der Waals surface area contributed by atoms with Gasteiger partial charge in [0.05, 0.1) is 11.9 Å². The average Bonchev–Trinajstić information content (AvgIpc) is 2.85. The van der Waals surface area contributed by atoms with Crippen LogP contribution in [0.3, 0.4) is 0 Å². The molecular weight excluding hydrogens is 228 g/mol.